The van der Waals surface area contributed by atoms with Crippen LogP contribution in [0.1, 0.15) is 36.2 Å². The second kappa shape index (κ2) is 7.20. The highest BCUT2D eigenvalue weighted by molar-refractivity contribution is 6.24. The van der Waals surface area contributed by atoms with Gasteiger partial charge < -0.3 is 4.74 Å². The summed E-state index contributed by atoms with van der Waals surface area (Å²) in [7, 11) is 0. The number of hydrogen-bond acceptors (Lipinski definition) is 3. The normalized spacial score (nSPS) is 11.5. The zero-order valence-corrected chi connectivity index (χ0v) is 12.2. The second-order valence-corrected chi connectivity index (χ2v) is 4.33. The van der Waals surface area contributed by atoms with Crippen molar-refractivity contribution in [2.45, 2.75) is 27.2 Å². The van der Waals surface area contributed by atoms with E-state index in [1.807, 2.05) is 0 Å². The lowest BCUT2D eigenvalue weighted by Crippen LogP contribution is -2.20. The van der Waals surface area contributed by atoms with Crippen molar-refractivity contribution in [2.75, 3.05) is 6.61 Å². The Kier molecular flexibility index (Phi) is 5.84. The SMILES string of the molecule is CCC=C(C(=O)OCC)C(=O)c1c(C)c(F)c(F)c(F)c1F. The number of allylic oxidation sites excluding steroid dienone is 1. The predicted octanol–water partition coefficient (Wildman–Crippen LogP) is 3.63. The van der Waals surface area contributed by atoms with E-state index >= 15 is 0 Å². The third kappa shape index (κ3) is 3.18. The third-order valence-electron chi connectivity index (χ3n) is 2.88. The lowest BCUT2D eigenvalue weighted by molar-refractivity contribution is -0.138. The molecule has 0 radical (unpaired) electrons. The summed E-state index contributed by atoms with van der Waals surface area (Å²) in [5.41, 5.74) is -2.30. The summed E-state index contributed by atoms with van der Waals surface area (Å²) in [6.07, 6.45) is 1.38. The van der Waals surface area contributed by atoms with E-state index in [1.54, 1.807) is 6.92 Å². The van der Waals surface area contributed by atoms with E-state index in [-0.39, 0.29) is 13.0 Å². The number of ketones is 1. The highest BCUT2D eigenvalue weighted by atomic mass is 19.2. The van der Waals surface area contributed by atoms with Crippen LogP contribution in [0.2, 0.25) is 0 Å². The van der Waals surface area contributed by atoms with E-state index in [9.17, 15) is 27.2 Å². The van der Waals surface area contributed by atoms with Gasteiger partial charge in [0.05, 0.1) is 12.2 Å². The van der Waals surface area contributed by atoms with Gasteiger partial charge in [-0.1, -0.05) is 13.0 Å². The number of hydrogen-bond donors (Lipinski definition) is 0. The highest BCUT2D eigenvalue weighted by Gasteiger charge is 2.31. The van der Waals surface area contributed by atoms with Crippen LogP contribution in [-0.4, -0.2) is 18.4 Å². The first kappa shape index (κ1) is 17.9. The van der Waals surface area contributed by atoms with Crippen molar-refractivity contribution in [3.8, 4) is 0 Å². The molecule has 0 saturated heterocycles. The van der Waals surface area contributed by atoms with Gasteiger partial charge in [0.1, 0.15) is 5.57 Å². The van der Waals surface area contributed by atoms with E-state index < -0.39 is 51.7 Å². The van der Waals surface area contributed by atoms with Crippen LogP contribution in [-0.2, 0) is 9.53 Å². The van der Waals surface area contributed by atoms with Crippen molar-refractivity contribution >= 4 is 11.8 Å². The fourth-order valence-corrected chi connectivity index (χ4v) is 1.83. The van der Waals surface area contributed by atoms with Gasteiger partial charge in [-0.3, -0.25) is 4.79 Å². The number of ether oxygens (including phenoxy) is 1. The molecule has 0 atom stereocenters. The summed E-state index contributed by atoms with van der Waals surface area (Å²) in [6.45, 7) is 3.97. The molecule has 1 aromatic rings. The Morgan fingerprint density at radius 3 is 2.05 bits per heavy atom. The van der Waals surface area contributed by atoms with Crippen molar-refractivity contribution in [2.24, 2.45) is 0 Å². The molecule has 0 aliphatic rings. The molecule has 1 aromatic carbocycles. The first-order valence-electron chi connectivity index (χ1n) is 6.52. The predicted molar refractivity (Wildman–Crippen MR) is 70.3 cm³/mol. The zero-order valence-electron chi connectivity index (χ0n) is 12.2. The van der Waals surface area contributed by atoms with Crippen LogP contribution in [0.5, 0.6) is 0 Å². The molecule has 1 rings (SSSR count). The molecule has 0 amide bonds. The zero-order chi connectivity index (χ0) is 17.0. The maximum atomic E-state index is 13.8. The van der Waals surface area contributed by atoms with E-state index in [0.717, 1.165) is 13.0 Å². The van der Waals surface area contributed by atoms with Gasteiger partial charge in [0.25, 0.3) is 0 Å². The van der Waals surface area contributed by atoms with Crippen LogP contribution in [0.15, 0.2) is 11.6 Å². The quantitative estimate of drug-likeness (QED) is 0.122. The van der Waals surface area contributed by atoms with Gasteiger partial charge in [0.2, 0.25) is 5.78 Å². The van der Waals surface area contributed by atoms with Gasteiger partial charge in [-0.25, -0.2) is 22.4 Å². The third-order valence-corrected chi connectivity index (χ3v) is 2.88. The average molecular weight is 318 g/mol. The summed E-state index contributed by atoms with van der Waals surface area (Å²) < 4.78 is 58.4. The molecule has 7 heteroatoms. The summed E-state index contributed by atoms with van der Waals surface area (Å²) in [5, 5.41) is 0. The Labute approximate surface area is 124 Å². The van der Waals surface area contributed by atoms with Gasteiger partial charge in [0, 0.05) is 5.56 Å². The Morgan fingerprint density at radius 2 is 1.55 bits per heavy atom. The summed E-state index contributed by atoms with van der Waals surface area (Å²) in [5.74, 6) is -9.93. The van der Waals surface area contributed by atoms with Crippen LogP contribution in [0.25, 0.3) is 0 Å². The van der Waals surface area contributed by atoms with Crippen LogP contribution >= 0.6 is 0 Å². The number of carbonyl (C=O) groups is 2. The summed E-state index contributed by atoms with van der Waals surface area (Å²) in [6, 6.07) is 0. The van der Waals surface area contributed by atoms with Gasteiger partial charge in [-0.05, 0) is 20.3 Å². The number of halogens is 4. The van der Waals surface area contributed by atoms with Crippen molar-refractivity contribution in [1.29, 1.82) is 0 Å². The molecule has 0 saturated carbocycles. The second-order valence-electron chi connectivity index (χ2n) is 4.33. The monoisotopic (exact) mass is 318 g/mol. The van der Waals surface area contributed by atoms with E-state index in [4.69, 9.17) is 0 Å². The standard InChI is InChI=1S/C15H14F4O3/c1-4-6-8(15(21)22-5-2)14(20)9-7(3)10(16)12(18)13(19)11(9)17/h6H,4-5H2,1-3H3. The van der Waals surface area contributed by atoms with Crippen LogP contribution < -0.4 is 0 Å². The molecular formula is C15H14F4O3. The van der Waals surface area contributed by atoms with Crippen molar-refractivity contribution in [1.82, 2.24) is 0 Å². The van der Waals surface area contributed by atoms with E-state index in [2.05, 4.69) is 4.74 Å². The number of esters is 1. The van der Waals surface area contributed by atoms with Crippen LogP contribution in [0, 0.1) is 30.2 Å². The van der Waals surface area contributed by atoms with Crippen molar-refractivity contribution in [3.63, 3.8) is 0 Å². The van der Waals surface area contributed by atoms with Crippen LogP contribution in [0.3, 0.4) is 0 Å². The Hall–Kier alpha value is -2.18. The van der Waals surface area contributed by atoms with Gasteiger partial charge in [-0.15, -0.1) is 0 Å². The minimum Gasteiger partial charge on any atom is -0.462 e. The number of Topliss-reactive ketones (excluding diaryl/α,β-unsaturated/α-hetero) is 1. The number of carbonyl (C=O) groups excluding carboxylic acids is 2. The maximum Gasteiger partial charge on any atom is 0.341 e. The molecule has 22 heavy (non-hydrogen) atoms. The number of rotatable bonds is 5. The lowest BCUT2D eigenvalue weighted by Gasteiger charge is -2.11. The average Bonchev–Trinajstić information content (AvgIpc) is 2.48. The molecule has 0 bridgehead atoms. The molecule has 0 aliphatic heterocycles. The van der Waals surface area contributed by atoms with Crippen molar-refractivity contribution < 1.29 is 31.9 Å². The van der Waals surface area contributed by atoms with Gasteiger partial charge in [0.15, 0.2) is 23.3 Å². The Bertz CT molecular complexity index is 622. The van der Waals surface area contributed by atoms with Crippen LogP contribution in [0.4, 0.5) is 17.6 Å². The molecule has 0 N–H and O–H groups in total. The molecule has 0 spiro atoms. The smallest absolute Gasteiger partial charge is 0.341 e. The molecule has 0 heterocycles. The molecule has 0 aliphatic carbocycles. The summed E-state index contributed by atoms with van der Waals surface area (Å²) >= 11 is 0. The van der Waals surface area contributed by atoms with E-state index in [1.165, 1.54) is 6.92 Å². The molecular weight excluding hydrogens is 304 g/mol. The first-order chi connectivity index (χ1) is 10.3. The molecule has 0 unspecified atom stereocenters. The summed E-state index contributed by atoms with van der Waals surface area (Å²) in [4.78, 5) is 24.0. The highest BCUT2D eigenvalue weighted by Crippen LogP contribution is 2.26. The minimum absolute atomic E-state index is 0.0409. The number of benzene rings is 1. The minimum atomic E-state index is -2.11. The Morgan fingerprint density at radius 1 is 1.00 bits per heavy atom. The molecule has 3 nitrogen and oxygen atoms in total. The maximum absolute atomic E-state index is 13.8. The largest absolute Gasteiger partial charge is 0.462 e. The molecule has 0 aromatic heterocycles. The first-order valence-corrected chi connectivity index (χ1v) is 6.52. The van der Waals surface area contributed by atoms with Crippen molar-refractivity contribution in [3.05, 3.63) is 46.0 Å². The van der Waals surface area contributed by atoms with E-state index in [0.29, 0.717) is 0 Å². The topological polar surface area (TPSA) is 43.4 Å². The van der Waals surface area contributed by atoms with Gasteiger partial charge in [-0.2, -0.15) is 0 Å². The molecule has 120 valence electrons. The lowest BCUT2D eigenvalue weighted by atomic mass is 9.96. The fraction of sp³-hybridized carbons (Fsp3) is 0.333. The molecule has 0 fully saturated rings. The Balaban J connectivity index is 3.50. The van der Waals surface area contributed by atoms with Gasteiger partial charge >= 0.3 is 5.97 Å². The fourth-order valence-electron chi connectivity index (χ4n) is 1.83.